The van der Waals surface area contributed by atoms with E-state index in [2.05, 4.69) is 24.8 Å². The van der Waals surface area contributed by atoms with E-state index in [-0.39, 0.29) is 17.9 Å². The highest BCUT2D eigenvalue weighted by molar-refractivity contribution is 7.03. The van der Waals surface area contributed by atoms with Gasteiger partial charge in [-0.2, -0.15) is 5.10 Å². The molecule has 4 N–H and O–H groups in total. The van der Waals surface area contributed by atoms with E-state index in [0.717, 1.165) is 36.2 Å². The summed E-state index contributed by atoms with van der Waals surface area (Å²) in [6.45, 7) is 0. The average molecular weight is 464 g/mol. The van der Waals surface area contributed by atoms with Crippen molar-refractivity contribution in [1.29, 1.82) is 0 Å². The van der Waals surface area contributed by atoms with Crippen molar-refractivity contribution in [2.75, 3.05) is 0 Å². The molecule has 0 aliphatic carbocycles. The Bertz CT molecular complexity index is 1170. The van der Waals surface area contributed by atoms with Crippen LogP contribution >= 0.6 is 11.5 Å². The van der Waals surface area contributed by atoms with E-state index in [1.165, 1.54) is 11.5 Å². The molecule has 9 nitrogen and oxygen atoms in total. The minimum Gasteiger partial charge on any atom is -0.370 e. The Morgan fingerprint density at radius 3 is 2.70 bits per heavy atom. The average Bonchev–Trinajstić information content (AvgIpc) is 3.60. The minimum atomic E-state index is -0.293. The van der Waals surface area contributed by atoms with E-state index in [1.807, 2.05) is 36.5 Å². The lowest BCUT2D eigenvalue weighted by atomic mass is 10.1. The Labute approximate surface area is 195 Å². The second-order valence-corrected chi connectivity index (χ2v) is 8.34. The molecule has 3 heterocycles. The van der Waals surface area contributed by atoms with Crippen molar-refractivity contribution < 1.29 is 9.59 Å². The van der Waals surface area contributed by atoms with Crippen LogP contribution in [-0.2, 0) is 4.79 Å². The molecule has 33 heavy (non-hydrogen) atoms. The van der Waals surface area contributed by atoms with Crippen molar-refractivity contribution in [1.82, 2.24) is 29.4 Å². The molecule has 10 heteroatoms. The van der Waals surface area contributed by atoms with Gasteiger partial charge in [-0.3, -0.25) is 9.59 Å². The Hall–Kier alpha value is -3.79. The van der Waals surface area contributed by atoms with Gasteiger partial charge in [0.25, 0.3) is 5.91 Å². The molecule has 2 amide bonds. The molecule has 0 saturated heterocycles. The fraction of sp³-hybridized carbons (Fsp3) is 0.261. The van der Waals surface area contributed by atoms with Crippen LogP contribution in [-0.4, -0.2) is 35.9 Å². The van der Waals surface area contributed by atoms with Gasteiger partial charge < -0.3 is 16.0 Å². The van der Waals surface area contributed by atoms with E-state index >= 15 is 0 Å². The summed E-state index contributed by atoms with van der Waals surface area (Å²) < 4.78 is 5.80. The number of aromatic amines is 1. The number of primary amides is 1. The first-order valence-electron chi connectivity index (χ1n) is 10.7. The number of nitrogens with one attached hydrogen (secondary N) is 2. The fourth-order valence-electron chi connectivity index (χ4n) is 3.54. The number of rotatable bonds is 11. The molecule has 0 fully saturated rings. The van der Waals surface area contributed by atoms with E-state index in [9.17, 15) is 9.59 Å². The van der Waals surface area contributed by atoms with Crippen molar-refractivity contribution in [3.63, 3.8) is 0 Å². The summed E-state index contributed by atoms with van der Waals surface area (Å²) in [5, 5.41) is 9.02. The maximum atomic E-state index is 12.6. The molecule has 0 aliphatic rings. The van der Waals surface area contributed by atoms with Crippen LogP contribution < -0.4 is 11.1 Å². The van der Waals surface area contributed by atoms with Crippen LogP contribution in [0, 0.1) is 0 Å². The minimum absolute atomic E-state index is 0.188. The Morgan fingerprint density at radius 2 is 2.00 bits per heavy atom. The van der Waals surface area contributed by atoms with Gasteiger partial charge in [0.15, 0.2) is 0 Å². The maximum Gasteiger partial charge on any atom is 0.254 e. The predicted octanol–water partition coefficient (Wildman–Crippen LogP) is 3.63. The van der Waals surface area contributed by atoms with Crippen molar-refractivity contribution in [2.45, 2.75) is 38.1 Å². The van der Waals surface area contributed by atoms with Crippen molar-refractivity contribution in [3.05, 3.63) is 71.9 Å². The van der Waals surface area contributed by atoms with Gasteiger partial charge in [0.1, 0.15) is 5.82 Å². The SMILES string of the molecule is NC(=O)CCCCCC(NC(=O)c1cnsc1)c1ncc(-c2ccc(-n3cccn3)cc2)[nH]1. The molecule has 4 rings (SSSR count). The third-order valence-electron chi connectivity index (χ3n) is 5.29. The van der Waals surface area contributed by atoms with Gasteiger partial charge in [-0.05, 0) is 48.1 Å². The molecule has 1 atom stereocenters. The van der Waals surface area contributed by atoms with Gasteiger partial charge in [0.2, 0.25) is 5.91 Å². The van der Waals surface area contributed by atoms with Gasteiger partial charge in [-0.25, -0.2) is 14.0 Å². The van der Waals surface area contributed by atoms with Crippen LogP contribution in [0.2, 0.25) is 0 Å². The summed E-state index contributed by atoms with van der Waals surface area (Å²) in [6.07, 6.45) is 10.4. The fourth-order valence-corrected chi connectivity index (χ4v) is 4.05. The van der Waals surface area contributed by atoms with Crippen LogP contribution in [0.15, 0.2) is 60.5 Å². The molecule has 0 radical (unpaired) electrons. The van der Waals surface area contributed by atoms with E-state index in [0.29, 0.717) is 24.2 Å². The van der Waals surface area contributed by atoms with Crippen LogP contribution in [0.4, 0.5) is 0 Å². The first-order chi connectivity index (χ1) is 16.1. The number of nitrogens with two attached hydrogens (primary N) is 1. The number of nitrogens with zero attached hydrogens (tertiary/aromatic N) is 4. The second-order valence-electron chi connectivity index (χ2n) is 7.68. The number of aromatic nitrogens is 5. The number of unbranched alkanes of at least 4 members (excludes halogenated alkanes) is 2. The summed E-state index contributed by atoms with van der Waals surface area (Å²) in [4.78, 5) is 31.5. The van der Waals surface area contributed by atoms with Gasteiger partial charge in [0.05, 0.1) is 35.4 Å². The monoisotopic (exact) mass is 463 g/mol. The lowest BCUT2D eigenvalue weighted by molar-refractivity contribution is -0.118. The first-order valence-corrected chi connectivity index (χ1v) is 11.6. The summed E-state index contributed by atoms with van der Waals surface area (Å²) in [5.41, 5.74) is 8.56. The van der Waals surface area contributed by atoms with Crippen LogP contribution in [0.25, 0.3) is 16.9 Å². The number of amides is 2. The molecule has 0 saturated carbocycles. The highest BCUT2D eigenvalue weighted by Gasteiger charge is 2.19. The number of benzene rings is 1. The quantitative estimate of drug-likeness (QED) is 0.292. The summed E-state index contributed by atoms with van der Waals surface area (Å²) in [7, 11) is 0. The normalized spacial score (nSPS) is 11.9. The third kappa shape index (κ3) is 5.92. The lowest BCUT2D eigenvalue weighted by Gasteiger charge is -2.16. The summed E-state index contributed by atoms with van der Waals surface area (Å²) >= 11 is 1.24. The number of carbonyl (C=O) groups is 2. The number of hydrogen-bond donors (Lipinski definition) is 3. The smallest absolute Gasteiger partial charge is 0.254 e. The zero-order chi connectivity index (χ0) is 23.0. The van der Waals surface area contributed by atoms with Crippen LogP contribution in [0.3, 0.4) is 0 Å². The van der Waals surface area contributed by atoms with Gasteiger partial charge in [-0.15, -0.1) is 0 Å². The number of imidazole rings is 1. The summed E-state index contributed by atoms with van der Waals surface area (Å²) in [5.74, 6) is 0.207. The maximum absolute atomic E-state index is 12.6. The number of H-pyrrole nitrogens is 1. The predicted molar refractivity (Wildman–Crippen MR) is 126 cm³/mol. The molecule has 0 bridgehead atoms. The lowest BCUT2D eigenvalue weighted by Crippen LogP contribution is -2.29. The van der Waals surface area contributed by atoms with Crippen LogP contribution in [0.5, 0.6) is 0 Å². The topological polar surface area (TPSA) is 132 Å². The first kappa shape index (κ1) is 22.4. The van der Waals surface area contributed by atoms with Gasteiger partial charge in [-0.1, -0.05) is 25.0 Å². The van der Waals surface area contributed by atoms with Crippen LogP contribution in [0.1, 0.15) is 54.3 Å². The van der Waals surface area contributed by atoms with Gasteiger partial charge >= 0.3 is 0 Å². The number of carbonyl (C=O) groups excluding carboxylic acids is 2. The third-order valence-corrected chi connectivity index (χ3v) is 5.88. The zero-order valence-corrected chi connectivity index (χ0v) is 18.8. The Morgan fingerprint density at radius 1 is 1.15 bits per heavy atom. The largest absolute Gasteiger partial charge is 0.370 e. The molecular formula is C23H25N7O2S. The second kappa shape index (κ2) is 10.7. The zero-order valence-electron chi connectivity index (χ0n) is 18.0. The molecule has 3 aromatic heterocycles. The number of hydrogen-bond acceptors (Lipinski definition) is 6. The van der Waals surface area contributed by atoms with Crippen molar-refractivity contribution in [2.24, 2.45) is 5.73 Å². The Balaban J connectivity index is 1.46. The van der Waals surface area contributed by atoms with Crippen molar-refractivity contribution >= 4 is 23.3 Å². The molecule has 4 aromatic rings. The molecule has 170 valence electrons. The Kier molecular flexibility index (Phi) is 7.26. The van der Waals surface area contributed by atoms with E-state index in [1.54, 1.807) is 28.7 Å². The molecule has 1 aromatic carbocycles. The highest BCUT2D eigenvalue weighted by atomic mass is 32.1. The van der Waals surface area contributed by atoms with E-state index in [4.69, 9.17) is 5.73 Å². The van der Waals surface area contributed by atoms with E-state index < -0.39 is 0 Å². The van der Waals surface area contributed by atoms with Gasteiger partial charge in [0, 0.05) is 24.2 Å². The molecule has 1 unspecified atom stereocenters. The standard InChI is InChI=1S/C23H25N7O2S/c24-21(31)6-3-1-2-5-19(29-23(32)17-13-27-33-15-17)22-25-14-20(28-22)16-7-9-18(10-8-16)30-12-4-11-26-30/h4,7-15,19H,1-3,5-6H2,(H2,24,31)(H,25,28)(H,29,32). The van der Waals surface area contributed by atoms with Crippen molar-refractivity contribution in [3.8, 4) is 16.9 Å². The molecule has 0 aliphatic heterocycles. The molecular weight excluding hydrogens is 438 g/mol. The summed E-state index contributed by atoms with van der Waals surface area (Å²) in [6, 6.07) is 9.58. The molecule has 0 spiro atoms. The highest BCUT2D eigenvalue weighted by Crippen LogP contribution is 2.24.